The van der Waals surface area contributed by atoms with Gasteiger partial charge in [0.1, 0.15) is 24.8 Å². The average molecular weight is 269 g/mol. The quantitative estimate of drug-likeness (QED) is 0.710. The molecule has 0 bridgehead atoms. The summed E-state index contributed by atoms with van der Waals surface area (Å²) >= 11 is 0. The molecule has 1 aromatic carbocycles. The molecule has 0 amide bonds. The Balaban J connectivity index is 1.79. The maximum Gasteiger partial charge on any atom is 0.420 e. The van der Waals surface area contributed by atoms with Crippen molar-refractivity contribution in [1.29, 1.82) is 0 Å². The van der Waals surface area contributed by atoms with Gasteiger partial charge in [-0.25, -0.2) is 24.3 Å². The fraction of sp³-hybridized carbons (Fsp3) is 0.0769. The van der Waals surface area contributed by atoms with Crippen molar-refractivity contribution in [2.45, 2.75) is 6.61 Å². The van der Waals surface area contributed by atoms with Gasteiger partial charge in [-0.15, -0.1) is 0 Å². The maximum absolute atomic E-state index is 12.0. The highest BCUT2D eigenvalue weighted by atomic mass is 16.5. The Morgan fingerprint density at radius 1 is 1.30 bits per heavy atom. The van der Waals surface area contributed by atoms with E-state index in [1.165, 1.54) is 23.4 Å². The van der Waals surface area contributed by atoms with Crippen molar-refractivity contribution in [3.8, 4) is 0 Å². The van der Waals surface area contributed by atoms with Crippen LogP contribution in [0.2, 0.25) is 0 Å². The van der Waals surface area contributed by atoms with E-state index in [0.29, 0.717) is 16.9 Å². The smallest absolute Gasteiger partial charge is 0.420 e. The summed E-state index contributed by atoms with van der Waals surface area (Å²) in [5.41, 5.74) is 8.06. The molecule has 2 aromatic heterocycles. The Morgan fingerprint density at radius 2 is 2.15 bits per heavy atom. The van der Waals surface area contributed by atoms with Gasteiger partial charge >= 0.3 is 6.09 Å². The number of anilines is 1. The van der Waals surface area contributed by atoms with Crippen molar-refractivity contribution >= 4 is 22.9 Å². The van der Waals surface area contributed by atoms with Crippen molar-refractivity contribution < 1.29 is 9.53 Å². The second kappa shape index (κ2) is 4.96. The van der Waals surface area contributed by atoms with E-state index in [4.69, 9.17) is 10.5 Å². The first-order valence-electron chi connectivity index (χ1n) is 5.89. The van der Waals surface area contributed by atoms with E-state index in [2.05, 4.69) is 15.0 Å². The number of nitrogens with zero attached hydrogens (tertiary/aromatic N) is 4. The molecule has 3 rings (SSSR count). The number of fused-ring (bicyclic) bond motifs is 1. The van der Waals surface area contributed by atoms with Crippen LogP contribution in [0.25, 0.3) is 11.2 Å². The second-order valence-corrected chi connectivity index (χ2v) is 4.10. The minimum atomic E-state index is -0.550. The van der Waals surface area contributed by atoms with E-state index < -0.39 is 6.09 Å². The molecule has 0 saturated carbocycles. The van der Waals surface area contributed by atoms with Crippen molar-refractivity contribution in [2.24, 2.45) is 0 Å². The highest BCUT2D eigenvalue weighted by Crippen LogP contribution is 2.13. The normalized spacial score (nSPS) is 10.6. The highest BCUT2D eigenvalue weighted by molar-refractivity contribution is 5.83. The molecule has 20 heavy (non-hydrogen) atoms. The van der Waals surface area contributed by atoms with Crippen LogP contribution >= 0.6 is 0 Å². The molecule has 7 heteroatoms. The van der Waals surface area contributed by atoms with Crippen LogP contribution in [-0.2, 0) is 11.3 Å². The summed E-state index contributed by atoms with van der Waals surface area (Å²) < 4.78 is 6.47. The van der Waals surface area contributed by atoms with Gasteiger partial charge in [0, 0.05) is 11.3 Å². The van der Waals surface area contributed by atoms with Crippen LogP contribution in [0.5, 0.6) is 0 Å². The fourth-order valence-corrected chi connectivity index (χ4v) is 1.78. The van der Waals surface area contributed by atoms with Gasteiger partial charge < -0.3 is 10.5 Å². The van der Waals surface area contributed by atoms with Crippen LogP contribution in [0.15, 0.2) is 43.1 Å². The van der Waals surface area contributed by atoms with Crippen molar-refractivity contribution in [2.75, 3.05) is 5.73 Å². The van der Waals surface area contributed by atoms with Crippen molar-refractivity contribution in [3.05, 3.63) is 48.7 Å². The molecule has 3 aromatic rings. The number of nitrogens with two attached hydrogens (primary N) is 1. The molecular formula is C13H11N5O2. The van der Waals surface area contributed by atoms with Crippen LogP contribution in [0.1, 0.15) is 5.56 Å². The van der Waals surface area contributed by atoms with Crippen LogP contribution < -0.4 is 5.73 Å². The Morgan fingerprint density at radius 3 is 3.00 bits per heavy atom. The first-order chi connectivity index (χ1) is 9.75. The fourth-order valence-electron chi connectivity index (χ4n) is 1.78. The monoisotopic (exact) mass is 269 g/mol. The first-order valence-corrected chi connectivity index (χ1v) is 5.89. The van der Waals surface area contributed by atoms with Gasteiger partial charge in [-0.05, 0) is 6.07 Å². The minimum Gasteiger partial charge on any atom is -0.444 e. The Labute approximate surface area is 114 Å². The van der Waals surface area contributed by atoms with Gasteiger partial charge in [0.15, 0.2) is 5.65 Å². The average Bonchev–Trinajstić information content (AvgIpc) is 2.90. The summed E-state index contributed by atoms with van der Waals surface area (Å²) in [7, 11) is 0. The first kappa shape index (κ1) is 12.1. The second-order valence-electron chi connectivity index (χ2n) is 4.10. The third-order valence-corrected chi connectivity index (χ3v) is 2.83. The molecular weight excluding hydrogens is 258 g/mol. The lowest BCUT2D eigenvalue weighted by atomic mass is 10.2. The molecule has 0 aliphatic heterocycles. The zero-order valence-corrected chi connectivity index (χ0v) is 10.4. The molecule has 0 spiro atoms. The molecule has 2 N–H and O–H groups in total. The number of benzene rings is 1. The maximum atomic E-state index is 12.0. The van der Waals surface area contributed by atoms with E-state index in [1.807, 2.05) is 12.1 Å². The lowest BCUT2D eigenvalue weighted by Gasteiger charge is -2.07. The number of rotatable bonds is 2. The molecule has 0 atom stereocenters. The third kappa shape index (κ3) is 2.16. The van der Waals surface area contributed by atoms with Gasteiger partial charge in [0.05, 0.1) is 6.20 Å². The topological polar surface area (TPSA) is 95.9 Å². The number of para-hydroxylation sites is 1. The summed E-state index contributed by atoms with van der Waals surface area (Å²) in [6.45, 7) is 0.0961. The Kier molecular flexibility index (Phi) is 3.00. The van der Waals surface area contributed by atoms with Crippen molar-refractivity contribution in [1.82, 2.24) is 19.5 Å². The zero-order chi connectivity index (χ0) is 13.9. The number of carbonyl (C=O) groups is 1. The van der Waals surface area contributed by atoms with Gasteiger partial charge in [-0.3, -0.25) is 0 Å². The van der Waals surface area contributed by atoms with E-state index in [0.717, 1.165) is 5.56 Å². The zero-order valence-electron chi connectivity index (χ0n) is 10.4. The molecule has 0 aliphatic carbocycles. The molecule has 0 saturated heterocycles. The van der Waals surface area contributed by atoms with E-state index in [9.17, 15) is 4.79 Å². The third-order valence-electron chi connectivity index (χ3n) is 2.83. The summed E-state index contributed by atoms with van der Waals surface area (Å²) in [5.74, 6) is 0. The number of carbonyl (C=O) groups excluding carboxylic acids is 1. The SMILES string of the molecule is Nc1ccccc1COC(=O)n1cnc2ncncc21. The van der Waals surface area contributed by atoms with E-state index in [1.54, 1.807) is 12.1 Å². The highest BCUT2D eigenvalue weighted by Gasteiger charge is 2.12. The van der Waals surface area contributed by atoms with Gasteiger partial charge in [-0.2, -0.15) is 0 Å². The predicted octanol–water partition coefficient (Wildman–Crippen LogP) is 1.59. The molecule has 0 unspecified atom stereocenters. The van der Waals surface area contributed by atoms with E-state index in [-0.39, 0.29) is 6.61 Å². The van der Waals surface area contributed by atoms with Crippen molar-refractivity contribution in [3.63, 3.8) is 0 Å². The number of ether oxygens (including phenoxy) is 1. The van der Waals surface area contributed by atoms with Gasteiger partial charge in [0.2, 0.25) is 0 Å². The summed E-state index contributed by atoms with van der Waals surface area (Å²) in [6.07, 6.45) is 3.68. The van der Waals surface area contributed by atoms with E-state index >= 15 is 0 Å². The predicted molar refractivity (Wildman–Crippen MR) is 71.8 cm³/mol. The molecule has 0 fully saturated rings. The standard InChI is InChI=1S/C13H11N5O2/c14-10-4-2-1-3-9(10)6-20-13(19)18-8-17-12-11(18)5-15-7-16-12/h1-5,7-8H,6,14H2. The van der Waals surface area contributed by atoms with Crippen LogP contribution in [0.4, 0.5) is 10.5 Å². The lowest BCUT2D eigenvalue weighted by molar-refractivity contribution is 0.142. The number of imidazole rings is 1. The molecule has 2 heterocycles. The summed E-state index contributed by atoms with van der Waals surface area (Å²) in [4.78, 5) is 23.8. The summed E-state index contributed by atoms with van der Waals surface area (Å²) in [5, 5.41) is 0. The van der Waals surface area contributed by atoms with Crippen LogP contribution in [0, 0.1) is 0 Å². The number of hydrogen-bond acceptors (Lipinski definition) is 6. The number of hydrogen-bond donors (Lipinski definition) is 1. The van der Waals surface area contributed by atoms with Crippen LogP contribution in [-0.4, -0.2) is 25.6 Å². The molecule has 0 aliphatic rings. The number of aromatic nitrogens is 4. The molecule has 7 nitrogen and oxygen atoms in total. The molecule has 100 valence electrons. The summed E-state index contributed by atoms with van der Waals surface area (Å²) in [6, 6.07) is 7.21. The van der Waals surface area contributed by atoms with Crippen LogP contribution in [0.3, 0.4) is 0 Å². The largest absolute Gasteiger partial charge is 0.444 e. The number of nitrogen functional groups attached to an aromatic ring is 1. The lowest BCUT2D eigenvalue weighted by Crippen LogP contribution is -2.13. The minimum absolute atomic E-state index is 0.0961. The Hall–Kier alpha value is -2.96. The van der Waals surface area contributed by atoms with Gasteiger partial charge in [0.25, 0.3) is 0 Å². The Bertz CT molecular complexity index is 768. The van der Waals surface area contributed by atoms with Gasteiger partial charge in [-0.1, -0.05) is 18.2 Å². The molecule has 0 radical (unpaired) electrons.